The summed E-state index contributed by atoms with van der Waals surface area (Å²) in [4.78, 5) is 41.2. The van der Waals surface area contributed by atoms with Gasteiger partial charge in [-0.15, -0.1) is 0 Å². The third kappa shape index (κ3) is 14.6. The lowest BCUT2D eigenvalue weighted by Gasteiger charge is -2.37. The molecule has 2 aromatic rings. The van der Waals surface area contributed by atoms with Crippen LogP contribution in [-0.2, 0) is 18.6 Å². The van der Waals surface area contributed by atoms with Gasteiger partial charge >= 0.3 is 0 Å². The molecule has 6 unspecified atom stereocenters. The molecule has 0 spiro atoms. The maximum Gasteiger partial charge on any atom is 0.280 e. The van der Waals surface area contributed by atoms with Crippen LogP contribution < -0.4 is 10.9 Å². The summed E-state index contributed by atoms with van der Waals surface area (Å²) in [6.07, 6.45) is 13.4. The van der Waals surface area contributed by atoms with Crippen molar-refractivity contribution in [2.75, 3.05) is 18.5 Å². The monoisotopic (exact) mass is 760 g/mol. The Bertz CT molecular complexity index is 1470. The van der Waals surface area contributed by atoms with Gasteiger partial charge in [0.2, 0.25) is 18.4 Å². The molecule has 53 heavy (non-hydrogen) atoms. The highest BCUT2D eigenvalue weighted by Gasteiger charge is 2.41. The molecule has 1 fully saturated rings. The van der Waals surface area contributed by atoms with Gasteiger partial charge in [0, 0.05) is 24.9 Å². The maximum atomic E-state index is 13.1. The van der Waals surface area contributed by atoms with E-state index in [0.29, 0.717) is 37.4 Å². The van der Waals surface area contributed by atoms with Crippen molar-refractivity contribution >= 4 is 31.5 Å². The van der Waals surface area contributed by atoms with Crippen LogP contribution in [-0.4, -0.2) is 67.5 Å². The van der Waals surface area contributed by atoms with Gasteiger partial charge in [0.15, 0.2) is 11.2 Å². The number of hydrogen-bond acceptors (Lipinski definition) is 8. The molecule has 2 N–H and O–H groups in total. The van der Waals surface area contributed by atoms with Crippen molar-refractivity contribution in [1.29, 1.82) is 0 Å². The Morgan fingerprint density at radius 1 is 1.02 bits per heavy atom. The summed E-state index contributed by atoms with van der Waals surface area (Å²) in [5.74, 6) is 2.46. The number of aromatic nitrogens is 4. The number of ether oxygens (including phenoxy) is 1. The molecule has 0 aliphatic carbocycles. The number of hydrogen-bond donors (Lipinski definition) is 2. The molecule has 13 heteroatoms. The minimum absolute atomic E-state index is 0.104. The Kier molecular flexibility index (Phi) is 19.4. The van der Waals surface area contributed by atoms with Gasteiger partial charge in [-0.2, -0.15) is 4.98 Å². The van der Waals surface area contributed by atoms with Crippen molar-refractivity contribution in [2.45, 2.75) is 177 Å². The van der Waals surface area contributed by atoms with Crippen molar-refractivity contribution in [3.8, 4) is 0 Å². The topological polar surface area (TPSA) is 128 Å². The largest absolute Gasteiger partial charge is 0.352 e. The molecule has 3 rings (SSSR count). The lowest BCUT2D eigenvalue weighted by molar-refractivity contribution is -0.117. The first-order chi connectivity index (χ1) is 25.2. The van der Waals surface area contributed by atoms with Gasteiger partial charge in [-0.25, -0.2) is 16.2 Å². The van der Waals surface area contributed by atoms with E-state index in [2.05, 4.69) is 99.0 Å². The number of anilines is 1. The fraction of sp³-hybridized carbons (Fsp3) is 0.825. The first kappa shape index (κ1) is 45.0. The summed E-state index contributed by atoms with van der Waals surface area (Å²) in [5.41, 5.74) is 0.107. The number of imidazole rings is 1. The molecular weight excluding hydrogens is 689 g/mol. The fourth-order valence-electron chi connectivity index (χ4n) is 7.34. The summed E-state index contributed by atoms with van der Waals surface area (Å²) in [7, 11) is -1.45. The third-order valence-corrected chi connectivity index (χ3v) is 12.4. The standard InChI is InChI=1S/C40H70N7O5P/c1-12-33-34(52-53(50-23-22-41-11)47(28(4)5)29(6)7)25-36(51-33)46-26-42-37-38(46)44-40(45-39(37)49)43-35(48)24-32(10)21-15-20-31(9)19-14-18-30(8)17-13-16-27(2)3/h26-34,36H,12-25H2,1-10H3,(H2,43,44,45,48,49)/t30?,31?,32?,33?,34-,36?,53?/m1/s1. The predicted octanol–water partition coefficient (Wildman–Crippen LogP) is 9.89. The minimum Gasteiger partial charge on any atom is -0.352 e. The lowest BCUT2D eigenvalue weighted by atomic mass is 9.90. The van der Waals surface area contributed by atoms with Crippen molar-refractivity contribution in [3.63, 3.8) is 0 Å². The zero-order valence-electron chi connectivity index (χ0n) is 34.4. The van der Waals surface area contributed by atoms with Gasteiger partial charge < -0.3 is 18.6 Å². The Balaban J connectivity index is 1.56. The van der Waals surface area contributed by atoms with E-state index in [1.54, 1.807) is 10.9 Å². The SMILES string of the molecule is [C-]#[N+]CCOP(O[C@@H]1CC(n2cnc3c(=O)[nH]c(NC(=O)CC(C)CCCC(C)CCCC(C)CCCC(C)C)nc32)OC1CC)N(C(C)C)C(C)C. The number of nitrogens with zero attached hydrogens (tertiary/aromatic N) is 5. The van der Waals surface area contributed by atoms with E-state index >= 15 is 0 Å². The van der Waals surface area contributed by atoms with Gasteiger partial charge in [0.1, 0.15) is 12.8 Å². The molecule has 7 atom stereocenters. The Labute approximate surface area is 320 Å². The maximum absolute atomic E-state index is 13.1. The third-order valence-electron chi connectivity index (χ3n) is 10.3. The molecule has 1 amide bonds. The Morgan fingerprint density at radius 3 is 2.19 bits per heavy atom. The van der Waals surface area contributed by atoms with Crippen molar-refractivity contribution in [3.05, 3.63) is 28.1 Å². The lowest BCUT2D eigenvalue weighted by Crippen LogP contribution is -2.35. The molecule has 1 aliphatic rings. The van der Waals surface area contributed by atoms with Crippen LogP contribution >= 0.6 is 8.53 Å². The molecule has 3 heterocycles. The number of aromatic amines is 1. The number of carbonyl (C=O) groups excluding carboxylic acids is 1. The van der Waals surface area contributed by atoms with Crippen LogP contribution in [0.25, 0.3) is 16.0 Å². The van der Waals surface area contributed by atoms with Gasteiger partial charge in [0.05, 0.1) is 18.5 Å². The van der Waals surface area contributed by atoms with E-state index < -0.39 is 20.3 Å². The van der Waals surface area contributed by atoms with E-state index in [1.165, 1.54) is 44.9 Å². The number of rotatable bonds is 25. The van der Waals surface area contributed by atoms with Crippen LogP contribution in [0.4, 0.5) is 5.95 Å². The fourth-order valence-corrected chi connectivity index (χ4v) is 9.09. The second-order valence-electron chi connectivity index (χ2n) is 16.4. The molecular formula is C40H70N7O5P. The molecule has 0 aromatic carbocycles. The average molecular weight is 760 g/mol. The van der Waals surface area contributed by atoms with Crippen molar-refractivity contribution in [1.82, 2.24) is 24.2 Å². The number of carbonyl (C=O) groups is 1. The summed E-state index contributed by atoms with van der Waals surface area (Å²) < 4.78 is 23.3. The van der Waals surface area contributed by atoms with Crippen LogP contribution in [0.3, 0.4) is 0 Å². The van der Waals surface area contributed by atoms with Crippen LogP contribution in [0.15, 0.2) is 11.1 Å². The first-order valence-electron chi connectivity index (χ1n) is 20.4. The van der Waals surface area contributed by atoms with Gasteiger partial charge in [0.25, 0.3) is 14.1 Å². The van der Waals surface area contributed by atoms with Crippen molar-refractivity contribution in [2.24, 2.45) is 23.7 Å². The van der Waals surface area contributed by atoms with E-state index in [9.17, 15) is 9.59 Å². The highest BCUT2D eigenvalue weighted by Crippen LogP contribution is 2.50. The first-order valence-corrected chi connectivity index (χ1v) is 21.5. The molecule has 12 nitrogen and oxygen atoms in total. The molecule has 1 aliphatic heterocycles. The van der Waals surface area contributed by atoms with Gasteiger partial charge in [-0.05, 0) is 57.8 Å². The Morgan fingerprint density at radius 2 is 1.62 bits per heavy atom. The molecule has 1 saturated heterocycles. The summed E-state index contributed by atoms with van der Waals surface area (Å²) in [6, 6.07) is 0.359. The second kappa shape index (κ2) is 22.8. The van der Waals surface area contributed by atoms with Gasteiger partial charge in [-0.1, -0.05) is 99.3 Å². The Hall–Kier alpha value is -2.42. The minimum atomic E-state index is -1.45. The normalized spacial score (nSPS) is 20.1. The van der Waals surface area contributed by atoms with E-state index in [-0.39, 0.29) is 54.1 Å². The number of nitrogens with one attached hydrogen (secondary N) is 2. The second-order valence-corrected chi connectivity index (χ2v) is 17.8. The zero-order chi connectivity index (χ0) is 39.1. The van der Waals surface area contributed by atoms with Crippen LogP contribution in [0.1, 0.15) is 153 Å². The molecule has 0 bridgehead atoms. The quantitative estimate of drug-likeness (QED) is 0.0582. The predicted molar refractivity (Wildman–Crippen MR) is 215 cm³/mol. The zero-order valence-corrected chi connectivity index (χ0v) is 35.3. The van der Waals surface area contributed by atoms with Gasteiger partial charge in [-0.3, -0.25) is 24.5 Å². The number of fused-ring (bicyclic) bond motifs is 1. The molecule has 300 valence electrons. The summed E-state index contributed by atoms with van der Waals surface area (Å²) in [6.45, 7) is 29.7. The smallest absolute Gasteiger partial charge is 0.280 e. The van der Waals surface area contributed by atoms with E-state index in [1.807, 2.05) is 0 Å². The van der Waals surface area contributed by atoms with Crippen molar-refractivity contribution < 1.29 is 18.6 Å². The van der Waals surface area contributed by atoms with Crippen LogP contribution in [0, 0.1) is 30.2 Å². The number of H-pyrrole nitrogens is 1. The molecule has 0 radical (unpaired) electrons. The molecule has 0 saturated carbocycles. The number of amides is 1. The van der Waals surface area contributed by atoms with E-state index in [4.69, 9.17) is 20.4 Å². The average Bonchev–Trinajstić information content (AvgIpc) is 3.68. The highest BCUT2D eigenvalue weighted by molar-refractivity contribution is 7.44. The van der Waals surface area contributed by atoms with Crippen LogP contribution in [0.5, 0.6) is 0 Å². The summed E-state index contributed by atoms with van der Waals surface area (Å²) >= 11 is 0. The van der Waals surface area contributed by atoms with E-state index in [0.717, 1.165) is 24.7 Å². The van der Waals surface area contributed by atoms with Crippen LogP contribution in [0.2, 0.25) is 0 Å². The summed E-state index contributed by atoms with van der Waals surface area (Å²) in [5, 5.41) is 2.83. The highest BCUT2D eigenvalue weighted by atomic mass is 31.2. The molecule has 2 aromatic heterocycles.